The molecule has 0 spiro atoms. The van der Waals surface area contributed by atoms with E-state index < -0.39 is 15.1 Å². The van der Waals surface area contributed by atoms with Gasteiger partial charge in [0, 0.05) is 38.7 Å². The normalized spacial score (nSPS) is 14.3. The van der Waals surface area contributed by atoms with E-state index in [0.717, 1.165) is 16.8 Å². The van der Waals surface area contributed by atoms with Gasteiger partial charge in [0.1, 0.15) is 0 Å². The van der Waals surface area contributed by atoms with Gasteiger partial charge >= 0.3 is 0 Å². The van der Waals surface area contributed by atoms with Crippen LogP contribution in [0.1, 0.15) is 38.3 Å². The Kier molecular flexibility index (Phi) is 6.61. The fourth-order valence-corrected chi connectivity index (χ4v) is 5.17. The van der Waals surface area contributed by atoms with Gasteiger partial charge in [-0.05, 0) is 49.6 Å². The monoisotopic (exact) mass is 428 g/mol. The standard InChI is InChI=1S/C23H28N2O4S/c1-4-24(16-19-8-6-5-7-9-19)23(27)14-17(2)30(28,29)21-10-11-22-20(15-21)12-13-25(22)18(3)26/h5-11,15,17H,4,12-14,16H2,1-3H3. The molecule has 2 amide bonds. The zero-order valence-corrected chi connectivity index (χ0v) is 18.5. The Morgan fingerprint density at radius 3 is 2.47 bits per heavy atom. The van der Waals surface area contributed by atoms with Crippen molar-refractivity contribution in [2.45, 2.75) is 50.3 Å². The van der Waals surface area contributed by atoms with Crippen LogP contribution in [0.25, 0.3) is 0 Å². The second-order valence-corrected chi connectivity index (χ2v) is 10.0. The van der Waals surface area contributed by atoms with Crippen molar-refractivity contribution in [3.63, 3.8) is 0 Å². The molecule has 0 aliphatic carbocycles. The number of hydrogen-bond donors (Lipinski definition) is 0. The average Bonchev–Trinajstić information content (AvgIpc) is 3.16. The van der Waals surface area contributed by atoms with Gasteiger partial charge in [-0.15, -0.1) is 0 Å². The lowest BCUT2D eigenvalue weighted by atomic mass is 10.2. The number of hydrogen-bond acceptors (Lipinski definition) is 4. The molecule has 0 aromatic heterocycles. The van der Waals surface area contributed by atoms with E-state index in [9.17, 15) is 18.0 Å². The van der Waals surface area contributed by atoms with Crippen molar-refractivity contribution >= 4 is 27.3 Å². The molecule has 1 aliphatic heterocycles. The fraction of sp³-hybridized carbons (Fsp3) is 0.391. The van der Waals surface area contributed by atoms with Crippen LogP contribution in [0.2, 0.25) is 0 Å². The number of rotatable bonds is 7. The minimum atomic E-state index is -3.66. The first-order chi connectivity index (χ1) is 14.2. The van der Waals surface area contributed by atoms with Gasteiger partial charge in [-0.2, -0.15) is 0 Å². The van der Waals surface area contributed by atoms with E-state index in [4.69, 9.17) is 0 Å². The predicted molar refractivity (Wildman–Crippen MR) is 117 cm³/mol. The van der Waals surface area contributed by atoms with Crippen molar-refractivity contribution in [1.29, 1.82) is 0 Å². The van der Waals surface area contributed by atoms with Gasteiger partial charge in [0.05, 0.1) is 10.1 Å². The van der Waals surface area contributed by atoms with Crippen LogP contribution in [0.4, 0.5) is 5.69 Å². The number of fused-ring (bicyclic) bond motifs is 1. The molecule has 6 nitrogen and oxygen atoms in total. The molecule has 1 unspecified atom stereocenters. The van der Waals surface area contributed by atoms with Crippen LogP contribution in [0.5, 0.6) is 0 Å². The molecule has 1 aliphatic rings. The van der Waals surface area contributed by atoms with Crippen molar-refractivity contribution in [2.24, 2.45) is 0 Å². The quantitative estimate of drug-likeness (QED) is 0.679. The van der Waals surface area contributed by atoms with Crippen molar-refractivity contribution in [3.8, 4) is 0 Å². The molecule has 0 radical (unpaired) electrons. The highest BCUT2D eigenvalue weighted by atomic mass is 32.2. The lowest BCUT2D eigenvalue weighted by Crippen LogP contribution is -2.34. The third-order valence-electron chi connectivity index (χ3n) is 5.60. The molecule has 0 N–H and O–H groups in total. The minimum absolute atomic E-state index is 0.0543. The molecular formula is C23H28N2O4S. The first kappa shape index (κ1) is 22.0. The van der Waals surface area contributed by atoms with Crippen molar-refractivity contribution in [1.82, 2.24) is 4.90 Å². The van der Waals surface area contributed by atoms with E-state index in [0.29, 0.717) is 26.1 Å². The summed E-state index contributed by atoms with van der Waals surface area (Å²) in [4.78, 5) is 28.0. The molecule has 0 fully saturated rings. The molecule has 1 heterocycles. The van der Waals surface area contributed by atoms with Crippen LogP contribution in [-0.4, -0.2) is 43.5 Å². The highest BCUT2D eigenvalue weighted by Gasteiger charge is 2.30. The van der Waals surface area contributed by atoms with Crippen molar-refractivity contribution in [3.05, 3.63) is 59.7 Å². The Labute approximate surface area is 178 Å². The number of benzene rings is 2. The molecule has 0 saturated carbocycles. The number of sulfone groups is 1. The Hall–Kier alpha value is -2.67. The Morgan fingerprint density at radius 1 is 1.13 bits per heavy atom. The summed E-state index contributed by atoms with van der Waals surface area (Å²) in [6.07, 6.45) is 0.561. The number of nitrogens with zero attached hydrogens (tertiary/aromatic N) is 2. The number of anilines is 1. The third-order valence-corrected chi connectivity index (χ3v) is 7.73. The lowest BCUT2D eigenvalue weighted by Gasteiger charge is -2.23. The van der Waals surface area contributed by atoms with E-state index in [1.54, 1.807) is 28.9 Å². The minimum Gasteiger partial charge on any atom is -0.339 e. The van der Waals surface area contributed by atoms with E-state index in [1.807, 2.05) is 37.3 Å². The van der Waals surface area contributed by atoms with Crippen molar-refractivity contribution in [2.75, 3.05) is 18.0 Å². The Bertz CT molecular complexity index is 1030. The third kappa shape index (κ3) is 4.56. The first-order valence-electron chi connectivity index (χ1n) is 10.2. The van der Waals surface area contributed by atoms with Crippen LogP contribution in [0.3, 0.4) is 0 Å². The second kappa shape index (κ2) is 9.00. The van der Waals surface area contributed by atoms with E-state index in [-0.39, 0.29) is 23.1 Å². The van der Waals surface area contributed by atoms with Gasteiger partial charge < -0.3 is 9.80 Å². The topological polar surface area (TPSA) is 74.8 Å². The second-order valence-electron chi connectivity index (χ2n) is 7.66. The fourth-order valence-electron chi connectivity index (χ4n) is 3.78. The van der Waals surface area contributed by atoms with Crippen molar-refractivity contribution < 1.29 is 18.0 Å². The molecule has 0 bridgehead atoms. The summed E-state index contributed by atoms with van der Waals surface area (Å²) in [6, 6.07) is 14.5. The zero-order chi connectivity index (χ0) is 21.9. The van der Waals surface area contributed by atoms with Gasteiger partial charge in [-0.25, -0.2) is 8.42 Å². The molecule has 3 rings (SSSR count). The van der Waals surface area contributed by atoms with Crippen LogP contribution < -0.4 is 4.90 Å². The summed E-state index contributed by atoms with van der Waals surface area (Å²) < 4.78 is 26.2. The maximum absolute atomic E-state index is 13.1. The number of amides is 2. The van der Waals surface area contributed by atoms with Gasteiger partial charge in [0.25, 0.3) is 0 Å². The lowest BCUT2D eigenvalue weighted by molar-refractivity contribution is -0.131. The van der Waals surface area contributed by atoms with E-state index in [1.165, 1.54) is 13.0 Å². The van der Waals surface area contributed by atoms with Crippen LogP contribution in [0.15, 0.2) is 53.4 Å². The molecule has 1 atom stereocenters. The summed E-state index contributed by atoms with van der Waals surface area (Å²) in [6.45, 7) is 6.51. The molecule has 30 heavy (non-hydrogen) atoms. The summed E-state index contributed by atoms with van der Waals surface area (Å²) in [5.41, 5.74) is 2.63. The van der Waals surface area contributed by atoms with Crippen LogP contribution in [0, 0.1) is 0 Å². The highest BCUT2D eigenvalue weighted by Crippen LogP contribution is 2.31. The maximum Gasteiger partial charge on any atom is 0.224 e. The van der Waals surface area contributed by atoms with E-state index in [2.05, 4.69) is 0 Å². The largest absolute Gasteiger partial charge is 0.339 e. The van der Waals surface area contributed by atoms with Gasteiger partial charge in [0.15, 0.2) is 9.84 Å². The number of carbonyl (C=O) groups excluding carboxylic acids is 2. The molecule has 2 aromatic rings. The molecule has 2 aromatic carbocycles. The maximum atomic E-state index is 13.1. The molecular weight excluding hydrogens is 400 g/mol. The number of carbonyl (C=O) groups is 2. The van der Waals surface area contributed by atoms with Crippen LogP contribution >= 0.6 is 0 Å². The molecule has 0 saturated heterocycles. The zero-order valence-electron chi connectivity index (χ0n) is 17.7. The summed E-state index contributed by atoms with van der Waals surface area (Å²) >= 11 is 0. The van der Waals surface area contributed by atoms with Gasteiger partial charge in [-0.3, -0.25) is 9.59 Å². The molecule has 7 heteroatoms. The van der Waals surface area contributed by atoms with E-state index >= 15 is 0 Å². The predicted octanol–water partition coefficient (Wildman–Crippen LogP) is 3.20. The van der Waals surface area contributed by atoms with Crippen LogP contribution in [-0.2, 0) is 32.4 Å². The SMILES string of the molecule is CCN(Cc1ccccc1)C(=O)CC(C)S(=O)(=O)c1ccc2c(c1)CCN2C(C)=O. The summed E-state index contributed by atoms with van der Waals surface area (Å²) in [7, 11) is -3.66. The van der Waals surface area contributed by atoms with Gasteiger partial charge in [-0.1, -0.05) is 30.3 Å². The Balaban J connectivity index is 1.73. The summed E-state index contributed by atoms with van der Waals surface area (Å²) in [5, 5.41) is -0.835. The Morgan fingerprint density at radius 2 is 1.83 bits per heavy atom. The van der Waals surface area contributed by atoms with Gasteiger partial charge in [0.2, 0.25) is 11.8 Å². The smallest absolute Gasteiger partial charge is 0.224 e. The first-order valence-corrected chi connectivity index (χ1v) is 11.7. The summed E-state index contributed by atoms with van der Waals surface area (Å²) in [5.74, 6) is -0.234. The highest BCUT2D eigenvalue weighted by molar-refractivity contribution is 7.92. The average molecular weight is 429 g/mol. The molecule has 160 valence electrons.